The van der Waals surface area contributed by atoms with Crippen LogP contribution in [-0.2, 0) is 4.79 Å². The molecule has 3 rings (SSSR count). The van der Waals surface area contributed by atoms with E-state index >= 15 is 0 Å². The van der Waals surface area contributed by atoms with Gasteiger partial charge >= 0.3 is 0 Å². The molecule has 0 saturated carbocycles. The first-order chi connectivity index (χ1) is 14.0. The molecule has 3 aromatic carbocycles. The van der Waals surface area contributed by atoms with Crippen LogP contribution in [0, 0.1) is 33.1 Å². The Balaban J connectivity index is -0.000000330. The monoisotopic (exact) mass is 418 g/mol. The normalized spacial score (nSPS) is 7.97. The van der Waals surface area contributed by atoms with Crippen LogP contribution in [0.4, 0.5) is 0 Å². The maximum absolute atomic E-state index is 10.2. The van der Waals surface area contributed by atoms with Crippen LogP contribution in [0.25, 0.3) is 0 Å². The van der Waals surface area contributed by atoms with Crippen molar-refractivity contribution in [3.05, 3.63) is 108 Å². The summed E-state index contributed by atoms with van der Waals surface area (Å²) in [4.78, 5) is 10.2. The van der Waals surface area contributed by atoms with Crippen molar-refractivity contribution in [3.8, 4) is 12.3 Å². The van der Waals surface area contributed by atoms with E-state index in [4.69, 9.17) is 6.42 Å². The van der Waals surface area contributed by atoms with Gasteiger partial charge in [-0.05, 0) is 34.1 Å². The van der Waals surface area contributed by atoms with Gasteiger partial charge in [-0.3, -0.25) is 0 Å². The van der Waals surface area contributed by atoms with Crippen LogP contribution in [0.5, 0.6) is 0 Å². The Hall–Kier alpha value is -3.11. The summed E-state index contributed by atoms with van der Waals surface area (Å²) in [5.41, 5.74) is 3.97. The molecule has 0 unspecified atom stereocenters. The highest BCUT2D eigenvalue weighted by Gasteiger charge is 1.88. The molecule has 0 heterocycles. The summed E-state index contributed by atoms with van der Waals surface area (Å²) < 4.78 is 0. The number of terminal acetylenes is 1. The fourth-order valence-electron chi connectivity index (χ4n) is 2.04. The van der Waals surface area contributed by atoms with Gasteiger partial charge in [0.15, 0.2) is 0 Å². The molecule has 31 heavy (non-hydrogen) atoms. The molecule has 0 radical (unpaired) electrons. The third-order valence-electron chi connectivity index (χ3n) is 3.67. The molecule has 0 amide bonds. The molecule has 0 N–H and O–H groups in total. The number of ketones is 1. The van der Waals surface area contributed by atoms with Gasteiger partial charge in [0.1, 0.15) is 5.78 Å². The van der Waals surface area contributed by atoms with Crippen LogP contribution < -0.4 is 0 Å². The van der Waals surface area contributed by atoms with Gasteiger partial charge in [0.05, 0.1) is 0 Å². The van der Waals surface area contributed by atoms with Gasteiger partial charge in [-0.15, -0.1) is 12.3 Å². The fourth-order valence-corrected chi connectivity index (χ4v) is 2.04. The van der Waals surface area contributed by atoms with Crippen LogP contribution in [-0.4, -0.2) is 5.78 Å². The van der Waals surface area contributed by atoms with Gasteiger partial charge < -0.3 is 4.79 Å². The molecule has 3 aromatic rings. The Kier molecular flexibility index (Phi) is 24.3. The SMILES string of the molecule is C.C.C#CCCCC(C)=O.Cc1ccccc1.Cc1ccccc1.Cc1ccccc1. The van der Waals surface area contributed by atoms with Crippen LogP contribution >= 0.6 is 0 Å². The highest BCUT2D eigenvalue weighted by Crippen LogP contribution is 1.94. The molecule has 0 aliphatic heterocycles. The topological polar surface area (TPSA) is 17.1 Å². The molecule has 1 heteroatoms. The number of benzene rings is 3. The molecule has 0 fully saturated rings. The number of hydrogen-bond donors (Lipinski definition) is 0. The van der Waals surface area contributed by atoms with Crippen molar-refractivity contribution in [3.63, 3.8) is 0 Å². The third kappa shape index (κ3) is 24.9. The van der Waals surface area contributed by atoms with Crippen LogP contribution in [0.15, 0.2) is 91.0 Å². The molecule has 0 bridgehead atoms. The van der Waals surface area contributed by atoms with E-state index in [-0.39, 0.29) is 20.6 Å². The predicted octanol–water partition coefficient (Wildman–Crippen LogP) is 8.64. The van der Waals surface area contributed by atoms with Crippen molar-refractivity contribution in [1.29, 1.82) is 0 Å². The molecule has 168 valence electrons. The number of Topliss-reactive ketones (excluding diaryl/α,β-unsaturated/α-hetero) is 1. The van der Waals surface area contributed by atoms with Crippen molar-refractivity contribution in [2.24, 2.45) is 0 Å². The van der Waals surface area contributed by atoms with E-state index in [0.29, 0.717) is 6.42 Å². The Morgan fingerprint density at radius 2 is 0.968 bits per heavy atom. The van der Waals surface area contributed by atoms with Crippen LogP contribution in [0.2, 0.25) is 0 Å². The highest BCUT2D eigenvalue weighted by molar-refractivity contribution is 5.75. The van der Waals surface area contributed by atoms with Crippen molar-refractivity contribution in [2.45, 2.75) is 61.8 Å². The second-order valence-electron chi connectivity index (χ2n) is 6.72. The predicted molar refractivity (Wildman–Crippen MR) is 140 cm³/mol. The zero-order chi connectivity index (χ0) is 21.7. The molecule has 0 spiro atoms. The summed E-state index contributed by atoms with van der Waals surface area (Å²) in [5.74, 6) is 2.69. The smallest absolute Gasteiger partial charge is 0.129 e. The average molecular weight is 419 g/mol. The lowest BCUT2D eigenvalue weighted by Gasteiger charge is -1.86. The summed E-state index contributed by atoms with van der Waals surface area (Å²) in [6.45, 7) is 7.83. The highest BCUT2D eigenvalue weighted by atomic mass is 16.1. The third-order valence-corrected chi connectivity index (χ3v) is 3.67. The summed E-state index contributed by atoms with van der Waals surface area (Å²) in [6, 6.07) is 30.8. The lowest BCUT2D eigenvalue weighted by molar-refractivity contribution is -0.117. The summed E-state index contributed by atoms with van der Waals surface area (Å²) in [6.07, 6.45) is 7.14. The van der Waals surface area contributed by atoms with E-state index in [0.717, 1.165) is 12.8 Å². The Labute approximate surface area is 192 Å². The maximum atomic E-state index is 10.2. The van der Waals surface area contributed by atoms with Gasteiger partial charge in [-0.1, -0.05) is 123 Å². The molecule has 0 atom stereocenters. The zero-order valence-electron chi connectivity index (χ0n) is 18.3. The number of unbranched alkanes of at least 4 members (excludes halogenated alkanes) is 1. The zero-order valence-corrected chi connectivity index (χ0v) is 18.3. The summed E-state index contributed by atoms with van der Waals surface area (Å²) in [5, 5.41) is 0. The molecular formula is C30H42O. The van der Waals surface area contributed by atoms with Crippen molar-refractivity contribution in [1.82, 2.24) is 0 Å². The standard InChI is InChI=1S/C7H10O.3C7H8.2CH4/c1-3-4-5-6-7(2)8;3*1-7-5-3-2-4-6-7;;/h1H,4-6H2,2H3;3*2-6H,1H3;2*1H4. The second-order valence-corrected chi connectivity index (χ2v) is 6.72. The van der Waals surface area contributed by atoms with Crippen LogP contribution in [0.3, 0.4) is 0 Å². The van der Waals surface area contributed by atoms with Gasteiger partial charge in [0, 0.05) is 12.8 Å². The molecule has 0 aromatic heterocycles. The van der Waals surface area contributed by atoms with E-state index in [2.05, 4.69) is 63.1 Å². The Bertz CT molecular complexity index is 695. The Morgan fingerprint density at radius 1 is 0.677 bits per heavy atom. The fraction of sp³-hybridized carbons (Fsp3) is 0.300. The number of hydrogen-bond acceptors (Lipinski definition) is 1. The van der Waals surface area contributed by atoms with Gasteiger partial charge in [0.2, 0.25) is 0 Å². The first kappa shape index (κ1) is 32.6. The first-order valence-electron chi connectivity index (χ1n) is 9.93. The summed E-state index contributed by atoms with van der Waals surface area (Å²) in [7, 11) is 0. The van der Waals surface area contributed by atoms with Crippen LogP contribution in [0.1, 0.15) is 57.7 Å². The minimum atomic E-state index is 0. The number of carbonyl (C=O) groups excluding carboxylic acids is 1. The summed E-state index contributed by atoms with van der Waals surface area (Å²) >= 11 is 0. The van der Waals surface area contributed by atoms with Gasteiger partial charge in [-0.2, -0.15) is 0 Å². The largest absolute Gasteiger partial charge is 0.300 e. The van der Waals surface area contributed by atoms with E-state index in [1.807, 2.05) is 54.6 Å². The van der Waals surface area contributed by atoms with Crippen molar-refractivity contribution < 1.29 is 4.79 Å². The van der Waals surface area contributed by atoms with Crippen molar-refractivity contribution in [2.75, 3.05) is 0 Å². The van der Waals surface area contributed by atoms with E-state index < -0.39 is 0 Å². The van der Waals surface area contributed by atoms with E-state index in [1.54, 1.807) is 6.92 Å². The molecule has 0 saturated heterocycles. The van der Waals surface area contributed by atoms with Crippen molar-refractivity contribution >= 4 is 5.78 Å². The molecule has 1 nitrogen and oxygen atoms in total. The minimum Gasteiger partial charge on any atom is -0.300 e. The molecule has 0 aliphatic carbocycles. The lowest BCUT2D eigenvalue weighted by Crippen LogP contribution is -1.87. The van der Waals surface area contributed by atoms with E-state index in [9.17, 15) is 4.79 Å². The second kappa shape index (κ2) is 23.2. The minimum absolute atomic E-state index is 0. The van der Waals surface area contributed by atoms with Gasteiger partial charge in [-0.25, -0.2) is 0 Å². The van der Waals surface area contributed by atoms with Gasteiger partial charge in [0.25, 0.3) is 0 Å². The first-order valence-corrected chi connectivity index (χ1v) is 9.93. The average Bonchev–Trinajstić information content (AvgIpc) is 2.71. The van der Waals surface area contributed by atoms with E-state index in [1.165, 1.54) is 16.7 Å². The maximum Gasteiger partial charge on any atom is 0.129 e. The number of aryl methyl sites for hydroxylation is 3. The number of rotatable bonds is 3. The number of carbonyl (C=O) groups is 1. The Morgan fingerprint density at radius 3 is 1.13 bits per heavy atom. The lowest BCUT2D eigenvalue weighted by atomic mass is 10.2. The quantitative estimate of drug-likeness (QED) is 0.307. The molecular weight excluding hydrogens is 376 g/mol. The molecule has 0 aliphatic rings.